The number of amides is 2. The average molecular weight is 463 g/mol. The minimum atomic E-state index is -0.723. The van der Waals surface area contributed by atoms with Gasteiger partial charge in [0.2, 0.25) is 11.8 Å². The quantitative estimate of drug-likeness (QED) is 0.730. The molecule has 170 valence electrons. The number of hydrogen-bond donors (Lipinski definition) is 1. The number of rotatable bonds is 4. The van der Waals surface area contributed by atoms with Gasteiger partial charge in [0.25, 0.3) is 0 Å². The topological polar surface area (TPSA) is 93.5 Å². The number of anilines is 2. The number of carbonyl (C=O) groups excluding carboxylic acids is 3. The average Bonchev–Trinajstić information content (AvgIpc) is 3.34. The third-order valence-corrected chi connectivity index (χ3v) is 5.54. The highest BCUT2D eigenvalue weighted by molar-refractivity contribution is 6.31. The molecule has 1 N–H and O–H groups in total. The molecule has 1 atom stereocenters. The van der Waals surface area contributed by atoms with E-state index in [9.17, 15) is 18.8 Å². The summed E-state index contributed by atoms with van der Waals surface area (Å²) in [6, 6.07) is 5.65. The van der Waals surface area contributed by atoms with Gasteiger partial charge in [0.15, 0.2) is 0 Å². The fourth-order valence-corrected chi connectivity index (χ4v) is 3.70. The maximum absolute atomic E-state index is 13.5. The number of halogens is 2. The number of carbonyl (C=O) groups is 3. The second kappa shape index (κ2) is 8.20. The number of nitrogens with one attached hydrogen (secondary N) is 1. The Balaban J connectivity index is 1.50. The van der Waals surface area contributed by atoms with Gasteiger partial charge in [-0.1, -0.05) is 11.6 Å². The van der Waals surface area contributed by atoms with Gasteiger partial charge in [-0.25, -0.2) is 9.18 Å². The molecule has 2 amide bonds. The Morgan fingerprint density at radius 3 is 2.59 bits per heavy atom. The van der Waals surface area contributed by atoms with Crippen LogP contribution in [-0.4, -0.2) is 39.8 Å². The van der Waals surface area contributed by atoms with Crippen molar-refractivity contribution in [2.45, 2.75) is 51.6 Å². The lowest BCUT2D eigenvalue weighted by Gasteiger charge is -2.20. The predicted octanol–water partition coefficient (Wildman–Crippen LogP) is 4.33. The van der Waals surface area contributed by atoms with E-state index in [1.165, 1.54) is 23.1 Å². The number of benzene rings is 1. The highest BCUT2D eigenvalue weighted by Gasteiger charge is 2.37. The molecule has 2 aromatic rings. The highest BCUT2D eigenvalue weighted by atomic mass is 35.5. The summed E-state index contributed by atoms with van der Waals surface area (Å²) >= 11 is 5.83. The molecular weight excluding hydrogens is 439 g/mol. The summed E-state index contributed by atoms with van der Waals surface area (Å²) in [6.07, 6.45) is 1.25. The van der Waals surface area contributed by atoms with Crippen LogP contribution < -0.4 is 10.2 Å². The predicted molar refractivity (Wildman–Crippen MR) is 116 cm³/mol. The van der Waals surface area contributed by atoms with Crippen molar-refractivity contribution in [3.8, 4) is 0 Å². The molecule has 4 rings (SSSR count). The number of ether oxygens (including phenoxy) is 1. The van der Waals surface area contributed by atoms with E-state index in [0.29, 0.717) is 5.69 Å². The van der Waals surface area contributed by atoms with Gasteiger partial charge in [-0.05, 0) is 51.8 Å². The van der Waals surface area contributed by atoms with Gasteiger partial charge in [-0.3, -0.25) is 9.59 Å². The maximum Gasteiger partial charge on any atom is 0.437 e. The molecule has 2 heterocycles. The summed E-state index contributed by atoms with van der Waals surface area (Å²) in [7, 11) is 0. The van der Waals surface area contributed by atoms with Crippen molar-refractivity contribution in [3.63, 3.8) is 0 Å². The zero-order valence-corrected chi connectivity index (χ0v) is 18.8. The number of nitrogens with zero attached hydrogens (tertiary/aromatic N) is 3. The van der Waals surface area contributed by atoms with Gasteiger partial charge in [0.1, 0.15) is 17.2 Å². The second-order valence-electron chi connectivity index (χ2n) is 9.11. The van der Waals surface area contributed by atoms with E-state index < -0.39 is 29.3 Å². The molecule has 1 saturated heterocycles. The molecule has 1 saturated carbocycles. The number of hydrogen-bond acceptors (Lipinski definition) is 5. The van der Waals surface area contributed by atoms with Gasteiger partial charge in [-0.2, -0.15) is 5.10 Å². The summed E-state index contributed by atoms with van der Waals surface area (Å²) in [5.74, 6) is -1.45. The first-order valence-corrected chi connectivity index (χ1v) is 10.8. The van der Waals surface area contributed by atoms with E-state index in [4.69, 9.17) is 16.3 Å². The van der Waals surface area contributed by atoms with Crippen LogP contribution in [0.5, 0.6) is 0 Å². The molecule has 1 aromatic carbocycles. The first kappa shape index (κ1) is 22.3. The van der Waals surface area contributed by atoms with Crippen LogP contribution in [0.3, 0.4) is 0 Å². The molecular formula is C22H24ClFN4O4. The van der Waals surface area contributed by atoms with Crippen LogP contribution in [0.1, 0.15) is 51.6 Å². The van der Waals surface area contributed by atoms with Crippen molar-refractivity contribution >= 4 is 41.0 Å². The Morgan fingerprint density at radius 2 is 1.97 bits per heavy atom. The van der Waals surface area contributed by atoms with Gasteiger partial charge < -0.3 is 15.0 Å². The van der Waals surface area contributed by atoms with Gasteiger partial charge in [0, 0.05) is 30.6 Å². The lowest BCUT2D eigenvalue weighted by molar-refractivity contribution is -0.122. The molecule has 0 bridgehead atoms. The first-order chi connectivity index (χ1) is 15.0. The zero-order valence-electron chi connectivity index (χ0n) is 18.0. The van der Waals surface area contributed by atoms with Crippen LogP contribution in [-0.2, 0) is 14.3 Å². The Kier molecular flexibility index (Phi) is 5.70. The molecule has 1 aliphatic carbocycles. The Hall–Kier alpha value is -2.94. The molecule has 1 aliphatic heterocycles. The fourth-order valence-electron chi connectivity index (χ4n) is 3.53. The summed E-state index contributed by atoms with van der Waals surface area (Å²) in [6.45, 7) is 5.35. The summed E-state index contributed by atoms with van der Waals surface area (Å²) < 4.78 is 19.9. The largest absolute Gasteiger partial charge is 0.442 e. The molecule has 1 unspecified atom stereocenters. The van der Waals surface area contributed by atoms with E-state index in [1.807, 2.05) is 0 Å². The summed E-state index contributed by atoms with van der Waals surface area (Å²) in [4.78, 5) is 39.4. The molecule has 0 spiro atoms. The third kappa shape index (κ3) is 4.77. The van der Waals surface area contributed by atoms with Crippen molar-refractivity contribution in [2.75, 3.05) is 16.8 Å². The van der Waals surface area contributed by atoms with Crippen molar-refractivity contribution in [1.82, 2.24) is 9.78 Å². The first-order valence-electron chi connectivity index (χ1n) is 10.4. The Morgan fingerprint density at radius 1 is 1.25 bits per heavy atom. The lowest BCUT2D eigenvalue weighted by Crippen LogP contribution is -2.31. The minimum absolute atomic E-state index is 0.0170. The van der Waals surface area contributed by atoms with Crippen molar-refractivity contribution in [3.05, 3.63) is 40.8 Å². The third-order valence-electron chi connectivity index (χ3n) is 5.25. The number of aromatic nitrogens is 2. The monoisotopic (exact) mass is 462 g/mol. The van der Waals surface area contributed by atoms with E-state index in [1.54, 1.807) is 26.8 Å². The van der Waals surface area contributed by atoms with Crippen LogP contribution >= 0.6 is 11.6 Å². The molecule has 10 heteroatoms. The molecule has 1 aromatic heterocycles. The van der Waals surface area contributed by atoms with Crippen LogP contribution in [0, 0.1) is 11.7 Å². The maximum atomic E-state index is 13.5. The minimum Gasteiger partial charge on any atom is -0.442 e. The van der Waals surface area contributed by atoms with E-state index in [0.717, 1.165) is 23.2 Å². The van der Waals surface area contributed by atoms with Gasteiger partial charge in [0.05, 0.1) is 16.6 Å². The standard InChI is InChI=1S/C22H24ClFN4O4/c1-22(2,3)32-21(31)28-18(10-17(26-28)12-4-5-12)25-20(30)13-8-19(29)27(11-13)14-6-7-16(24)15(23)9-14/h6-7,9-10,12-13H,4-5,8,11H2,1-3H3,(H,25,30). The van der Waals surface area contributed by atoms with E-state index in [2.05, 4.69) is 10.4 Å². The molecule has 8 nitrogen and oxygen atoms in total. The lowest BCUT2D eigenvalue weighted by atomic mass is 10.1. The smallest absolute Gasteiger partial charge is 0.437 e. The summed E-state index contributed by atoms with van der Waals surface area (Å²) in [5, 5.41) is 6.96. The Bertz CT molecular complexity index is 1090. The van der Waals surface area contributed by atoms with E-state index in [-0.39, 0.29) is 35.6 Å². The molecule has 2 fully saturated rings. The van der Waals surface area contributed by atoms with Crippen molar-refractivity contribution in [1.29, 1.82) is 0 Å². The molecule has 2 aliphatic rings. The van der Waals surface area contributed by atoms with E-state index >= 15 is 0 Å². The second-order valence-corrected chi connectivity index (χ2v) is 9.52. The van der Waals surface area contributed by atoms with Crippen molar-refractivity contribution < 1.29 is 23.5 Å². The van der Waals surface area contributed by atoms with Gasteiger partial charge in [-0.15, -0.1) is 4.68 Å². The molecule has 0 radical (unpaired) electrons. The SMILES string of the molecule is CC(C)(C)OC(=O)n1nc(C2CC2)cc1NC(=O)C1CC(=O)N(c2ccc(F)c(Cl)c2)C1. The zero-order chi connectivity index (χ0) is 23.2. The van der Waals surface area contributed by atoms with Crippen LogP contribution in [0.25, 0.3) is 0 Å². The van der Waals surface area contributed by atoms with Gasteiger partial charge >= 0.3 is 6.09 Å². The highest BCUT2D eigenvalue weighted by Crippen LogP contribution is 2.40. The fraction of sp³-hybridized carbons (Fsp3) is 0.455. The van der Waals surface area contributed by atoms with Crippen LogP contribution in [0.15, 0.2) is 24.3 Å². The Labute approximate surface area is 189 Å². The molecule has 32 heavy (non-hydrogen) atoms. The van der Waals surface area contributed by atoms with Crippen molar-refractivity contribution in [2.24, 2.45) is 5.92 Å². The van der Waals surface area contributed by atoms with Crippen LogP contribution in [0.2, 0.25) is 5.02 Å². The van der Waals surface area contributed by atoms with Crippen LogP contribution in [0.4, 0.5) is 20.7 Å². The summed E-state index contributed by atoms with van der Waals surface area (Å²) in [5.41, 5.74) is 0.418. The normalized spacial score (nSPS) is 18.7.